The topological polar surface area (TPSA) is 63.2 Å². The van der Waals surface area contributed by atoms with E-state index in [0.717, 1.165) is 30.1 Å². The molecule has 106 valence electrons. The molecule has 1 heterocycles. The van der Waals surface area contributed by atoms with Crippen molar-refractivity contribution in [2.45, 2.75) is 36.8 Å². The summed E-state index contributed by atoms with van der Waals surface area (Å²) in [7, 11) is 1.54. The van der Waals surface area contributed by atoms with E-state index in [1.807, 2.05) is 0 Å². The van der Waals surface area contributed by atoms with Crippen LogP contribution >= 0.6 is 22.0 Å². The fourth-order valence-electron chi connectivity index (χ4n) is 1.96. The maximum atomic E-state index is 11.9. The van der Waals surface area contributed by atoms with Crippen molar-refractivity contribution < 1.29 is 13.2 Å². The van der Waals surface area contributed by atoms with Crippen LogP contribution in [0.1, 0.15) is 41.6 Å². The summed E-state index contributed by atoms with van der Waals surface area (Å²) in [5.41, 5.74) is 0.829. The van der Waals surface area contributed by atoms with Crippen LogP contribution in [0.2, 0.25) is 0 Å². The number of nitrogens with one attached hydrogen (secondary N) is 1. The minimum absolute atomic E-state index is 0.0531. The predicted octanol–water partition coefficient (Wildman–Crippen LogP) is 2.90. The summed E-state index contributed by atoms with van der Waals surface area (Å²) < 4.78 is 22.6. The van der Waals surface area contributed by atoms with E-state index in [2.05, 4.69) is 5.32 Å². The lowest BCUT2D eigenvalue weighted by Crippen LogP contribution is -2.24. The van der Waals surface area contributed by atoms with Crippen LogP contribution in [0.3, 0.4) is 0 Å². The van der Waals surface area contributed by atoms with Gasteiger partial charge in [0.05, 0.1) is 5.56 Å². The van der Waals surface area contributed by atoms with E-state index in [1.165, 1.54) is 12.8 Å². The van der Waals surface area contributed by atoms with Gasteiger partial charge in [-0.1, -0.05) is 12.8 Å². The summed E-state index contributed by atoms with van der Waals surface area (Å²) in [5.74, 6) is 0.629. The molecule has 0 atom stereocenters. The second-order valence-corrected chi connectivity index (χ2v) is 8.48. The maximum Gasteiger partial charge on any atom is 0.271 e. The van der Waals surface area contributed by atoms with Gasteiger partial charge in [0, 0.05) is 22.6 Å². The Kier molecular flexibility index (Phi) is 4.53. The minimum atomic E-state index is -3.76. The lowest BCUT2D eigenvalue weighted by Gasteiger charge is -2.04. The van der Waals surface area contributed by atoms with Crippen molar-refractivity contribution >= 4 is 37.0 Å². The highest BCUT2D eigenvalue weighted by Crippen LogP contribution is 2.33. The molecule has 0 radical (unpaired) electrons. The van der Waals surface area contributed by atoms with Gasteiger partial charge in [-0.2, -0.15) is 0 Å². The van der Waals surface area contributed by atoms with Crippen LogP contribution in [0.4, 0.5) is 0 Å². The van der Waals surface area contributed by atoms with Gasteiger partial charge in [-0.3, -0.25) is 4.79 Å². The van der Waals surface area contributed by atoms with Crippen LogP contribution in [0.5, 0.6) is 0 Å². The Bertz CT molecular complexity index is 576. The maximum absolute atomic E-state index is 11.9. The van der Waals surface area contributed by atoms with Crippen molar-refractivity contribution in [1.29, 1.82) is 0 Å². The highest BCUT2D eigenvalue weighted by Gasteiger charge is 2.22. The second-order valence-electron chi connectivity index (χ2n) is 4.84. The van der Waals surface area contributed by atoms with E-state index in [9.17, 15) is 13.2 Å². The van der Waals surface area contributed by atoms with Crippen LogP contribution in [0.25, 0.3) is 0 Å². The third kappa shape index (κ3) is 3.94. The van der Waals surface area contributed by atoms with Gasteiger partial charge in [-0.25, -0.2) is 8.42 Å². The molecule has 0 aromatic carbocycles. The predicted molar refractivity (Wildman–Crippen MR) is 76.4 cm³/mol. The Morgan fingerprint density at radius 1 is 1.53 bits per heavy atom. The van der Waals surface area contributed by atoms with Crippen LogP contribution in [-0.2, 0) is 9.05 Å². The SMILES string of the molecule is Cc1c(C(=O)NCCCC2CC2)csc1S(=O)(=O)Cl. The fraction of sp³-hybridized carbons (Fsp3) is 0.583. The summed E-state index contributed by atoms with van der Waals surface area (Å²) in [6.07, 6.45) is 4.76. The van der Waals surface area contributed by atoms with Crippen LogP contribution < -0.4 is 5.32 Å². The number of rotatable bonds is 6. The van der Waals surface area contributed by atoms with Gasteiger partial charge in [-0.05, 0) is 31.2 Å². The van der Waals surface area contributed by atoms with Crippen molar-refractivity contribution in [1.82, 2.24) is 5.32 Å². The molecular weight excluding hydrogens is 306 g/mol. The molecule has 1 saturated carbocycles. The van der Waals surface area contributed by atoms with E-state index in [1.54, 1.807) is 12.3 Å². The normalized spacial score (nSPS) is 15.5. The molecular formula is C12H16ClNO3S2. The zero-order chi connectivity index (χ0) is 14.0. The van der Waals surface area contributed by atoms with Gasteiger partial charge in [0.15, 0.2) is 0 Å². The average Bonchev–Trinajstić information content (AvgIpc) is 3.04. The van der Waals surface area contributed by atoms with Gasteiger partial charge in [0.1, 0.15) is 4.21 Å². The van der Waals surface area contributed by atoms with Crippen LogP contribution in [0.15, 0.2) is 9.59 Å². The molecule has 1 aliphatic rings. The Morgan fingerprint density at radius 3 is 2.74 bits per heavy atom. The number of thiophene rings is 1. The van der Waals surface area contributed by atoms with Crippen LogP contribution in [0, 0.1) is 12.8 Å². The van der Waals surface area contributed by atoms with Gasteiger partial charge in [0.2, 0.25) is 0 Å². The first kappa shape index (κ1) is 14.8. The van der Waals surface area contributed by atoms with Crippen molar-refractivity contribution in [3.63, 3.8) is 0 Å². The molecule has 0 saturated heterocycles. The Morgan fingerprint density at radius 2 is 2.21 bits per heavy atom. The second kappa shape index (κ2) is 5.81. The Balaban J connectivity index is 1.93. The van der Waals surface area contributed by atoms with Gasteiger partial charge in [0.25, 0.3) is 15.0 Å². The van der Waals surface area contributed by atoms with E-state index in [4.69, 9.17) is 10.7 Å². The monoisotopic (exact) mass is 321 g/mol. The first-order valence-corrected chi connectivity index (χ1v) is 9.39. The Labute approximate surface area is 121 Å². The number of amides is 1. The number of hydrogen-bond acceptors (Lipinski definition) is 4. The van der Waals surface area contributed by atoms with Crippen molar-refractivity contribution in [2.75, 3.05) is 6.54 Å². The molecule has 1 aromatic rings. The molecule has 0 bridgehead atoms. The number of hydrogen-bond donors (Lipinski definition) is 1. The average molecular weight is 322 g/mol. The lowest BCUT2D eigenvalue weighted by molar-refractivity contribution is 0.0952. The quantitative estimate of drug-likeness (QED) is 0.647. The first-order chi connectivity index (χ1) is 8.89. The van der Waals surface area contributed by atoms with E-state index in [0.29, 0.717) is 17.7 Å². The fourth-order valence-corrected chi connectivity index (χ4v) is 4.51. The molecule has 0 aliphatic heterocycles. The van der Waals surface area contributed by atoms with E-state index in [-0.39, 0.29) is 10.1 Å². The largest absolute Gasteiger partial charge is 0.352 e. The number of halogens is 1. The summed E-state index contributed by atoms with van der Waals surface area (Å²) in [6.45, 7) is 2.23. The zero-order valence-corrected chi connectivity index (χ0v) is 13.0. The van der Waals surface area contributed by atoms with Crippen molar-refractivity contribution in [2.24, 2.45) is 5.92 Å². The van der Waals surface area contributed by atoms with Gasteiger partial charge in [-0.15, -0.1) is 11.3 Å². The van der Waals surface area contributed by atoms with Gasteiger partial charge >= 0.3 is 0 Å². The Hall–Kier alpha value is -0.590. The van der Waals surface area contributed by atoms with Crippen LogP contribution in [-0.4, -0.2) is 20.9 Å². The molecule has 19 heavy (non-hydrogen) atoms. The highest BCUT2D eigenvalue weighted by atomic mass is 35.7. The molecule has 1 N–H and O–H groups in total. The molecule has 0 spiro atoms. The van der Waals surface area contributed by atoms with Crippen molar-refractivity contribution in [3.05, 3.63) is 16.5 Å². The smallest absolute Gasteiger partial charge is 0.271 e. The van der Waals surface area contributed by atoms with Crippen molar-refractivity contribution in [3.8, 4) is 0 Å². The highest BCUT2D eigenvalue weighted by molar-refractivity contribution is 8.15. The molecule has 7 heteroatoms. The molecule has 0 unspecified atom stereocenters. The summed E-state index contributed by atoms with van der Waals surface area (Å²) in [4.78, 5) is 11.9. The third-order valence-electron chi connectivity index (χ3n) is 3.23. The summed E-state index contributed by atoms with van der Waals surface area (Å²) in [5, 5.41) is 4.36. The molecule has 1 aliphatic carbocycles. The molecule has 1 aromatic heterocycles. The standard InChI is InChI=1S/C12H16ClNO3S2/c1-8-10(7-18-12(8)19(13,16)17)11(15)14-6-2-3-9-4-5-9/h7,9H,2-6H2,1H3,(H,14,15). The number of carbonyl (C=O) groups excluding carboxylic acids is 1. The first-order valence-electron chi connectivity index (χ1n) is 6.20. The van der Waals surface area contributed by atoms with E-state index >= 15 is 0 Å². The molecule has 2 rings (SSSR count). The summed E-state index contributed by atoms with van der Waals surface area (Å²) in [6, 6.07) is 0. The van der Waals surface area contributed by atoms with Gasteiger partial charge < -0.3 is 5.32 Å². The molecule has 1 fully saturated rings. The lowest BCUT2D eigenvalue weighted by atomic mass is 10.2. The number of carbonyl (C=O) groups is 1. The summed E-state index contributed by atoms with van der Waals surface area (Å²) >= 11 is 0.985. The third-order valence-corrected chi connectivity index (χ3v) is 6.54. The molecule has 1 amide bonds. The minimum Gasteiger partial charge on any atom is -0.352 e. The van der Waals surface area contributed by atoms with E-state index < -0.39 is 9.05 Å². The molecule has 4 nitrogen and oxygen atoms in total. The zero-order valence-electron chi connectivity index (χ0n) is 10.6.